The molecule has 2 aromatic rings. The maximum Gasteiger partial charge on any atom is -0.00135 e. The molecule has 1 aliphatic carbocycles. The number of hydrogen-bond donors (Lipinski definition) is 0. The van der Waals surface area contributed by atoms with Crippen molar-refractivity contribution in [1.29, 1.82) is 0 Å². The molecule has 1 aliphatic rings. The number of aryl methyl sites for hydroxylation is 1. The Kier molecular flexibility index (Phi) is 9.83. The first-order valence-electron chi connectivity index (χ1n) is 12.6. The Hall–Kier alpha value is -1.56. The molecular weight excluding hydrogens is 348 g/mol. The topological polar surface area (TPSA) is 0 Å². The average Bonchev–Trinajstić information content (AvgIpc) is 3.12. The van der Waals surface area contributed by atoms with Crippen molar-refractivity contribution in [3.05, 3.63) is 59.2 Å². The molecule has 29 heavy (non-hydrogen) atoms. The van der Waals surface area contributed by atoms with E-state index < -0.39 is 0 Å². The molecule has 0 nitrogen and oxygen atoms in total. The Morgan fingerprint density at radius 1 is 0.552 bits per heavy atom. The van der Waals surface area contributed by atoms with Crippen molar-refractivity contribution in [2.75, 3.05) is 0 Å². The highest BCUT2D eigenvalue weighted by Gasteiger charge is 2.17. The molecule has 0 amide bonds. The molecule has 0 aliphatic heterocycles. The first-order valence-corrected chi connectivity index (χ1v) is 12.6. The van der Waals surface area contributed by atoms with Crippen molar-refractivity contribution in [1.82, 2.24) is 0 Å². The van der Waals surface area contributed by atoms with Crippen LogP contribution in [0.2, 0.25) is 0 Å². The summed E-state index contributed by atoms with van der Waals surface area (Å²) in [5.74, 6) is 0. The SMILES string of the molecule is CCCCCCCCCCCCCCCCc1ccc2c(c1)-c1ccccc1C2. The van der Waals surface area contributed by atoms with Gasteiger partial charge in [-0.3, -0.25) is 0 Å². The number of fused-ring (bicyclic) bond motifs is 3. The van der Waals surface area contributed by atoms with Crippen LogP contribution in [-0.4, -0.2) is 0 Å². The molecule has 0 spiro atoms. The quantitative estimate of drug-likeness (QED) is 0.227. The standard InChI is InChI=1S/C29H42/c1-2-3-4-5-6-7-8-9-10-11-12-13-14-15-18-25-21-22-27-24-26-19-16-17-20-28(26)29(27)23-25/h16-17,19-23H,2-15,18,24H2,1H3. The summed E-state index contributed by atoms with van der Waals surface area (Å²) >= 11 is 0. The molecule has 0 unspecified atom stereocenters. The summed E-state index contributed by atoms with van der Waals surface area (Å²) in [6, 6.07) is 16.1. The summed E-state index contributed by atoms with van der Waals surface area (Å²) in [6.45, 7) is 2.30. The van der Waals surface area contributed by atoms with Gasteiger partial charge in [0, 0.05) is 0 Å². The summed E-state index contributed by atoms with van der Waals surface area (Å²) < 4.78 is 0. The van der Waals surface area contributed by atoms with Crippen LogP contribution in [0, 0.1) is 0 Å². The molecule has 0 radical (unpaired) electrons. The van der Waals surface area contributed by atoms with E-state index >= 15 is 0 Å². The highest BCUT2D eigenvalue weighted by molar-refractivity contribution is 5.77. The summed E-state index contributed by atoms with van der Waals surface area (Å²) in [4.78, 5) is 0. The van der Waals surface area contributed by atoms with Gasteiger partial charge in [0.2, 0.25) is 0 Å². The molecule has 158 valence electrons. The van der Waals surface area contributed by atoms with Crippen LogP contribution < -0.4 is 0 Å². The van der Waals surface area contributed by atoms with E-state index in [1.807, 2.05) is 0 Å². The zero-order valence-electron chi connectivity index (χ0n) is 18.9. The summed E-state index contributed by atoms with van der Waals surface area (Å²) in [5.41, 5.74) is 7.49. The van der Waals surface area contributed by atoms with Crippen molar-refractivity contribution in [3.63, 3.8) is 0 Å². The molecule has 0 heteroatoms. The van der Waals surface area contributed by atoms with Gasteiger partial charge in [-0.15, -0.1) is 0 Å². The lowest BCUT2D eigenvalue weighted by molar-refractivity contribution is 0.535. The molecule has 0 heterocycles. The second-order valence-electron chi connectivity index (χ2n) is 9.17. The molecular formula is C29H42. The zero-order valence-corrected chi connectivity index (χ0v) is 18.9. The van der Waals surface area contributed by atoms with E-state index in [1.165, 1.54) is 124 Å². The van der Waals surface area contributed by atoms with E-state index in [0.29, 0.717) is 0 Å². The highest BCUT2D eigenvalue weighted by Crippen LogP contribution is 2.37. The van der Waals surface area contributed by atoms with Gasteiger partial charge in [-0.25, -0.2) is 0 Å². The minimum absolute atomic E-state index is 1.12. The maximum absolute atomic E-state index is 2.46. The Bertz CT molecular complexity index is 712. The van der Waals surface area contributed by atoms with Crippen LogP contribution in [-0.2, 0) is 12.8 Å². The summed E-state index contributed by atoms with van der Waals surface area (Å²) in [6.07, 6.45) is 22.4. The Labute approximate surface area is 180 Å². The molecule has 2 aromatic carbocycles. The molecule has 0 saturated carbocycles. The van der Waals surface area contributed by atoms with E-state index in [2.05, 4.69) is 49.4 Å². The second-order valence-corrected chi connectivity index (χ2v) is 9.17. The van der Waals surface area contributed by atoms with Gasteiger partial charge >= 0.3 is 0 Å². The first-order chi connectivity index (χ1) is 14.4. The molecule has 0 bridgehead atoms. The smallest absolute Gasteiger partial charge is 0.00135 e. The summed E-state index contributed by atoms with van der Waals surface area (Å²) in [7, 11) is 0. The van der Waals surface area contributed by atoms with E-state index in [0.717, 1.165) is 6.42 Å². The lowest BCUT2D eigenvalue weighted by Gasteiger charge is -2.06. The molecule has 0 atom stereocenters. The molecule has 0 saturated heterocycles. The number of rotatable bonds is 15. The maximum atomic E-state index is 2.46. The fourth-order valence-corrected chi connectivity index (χ4v) is 4.85. The van der Waals surface area contributed by atoms with Gasteiger partial charge in [-0.2, -0.15) is 0 Å². The minimum atomic E-state index is 1.12. The van der Waals surface area contributed by atoms with Crippen LogP contribution in [0.4, 0.5) is 0 Å². The molecule has 3 rings (SSSR count). The fourth-order valence-electron chi connectivity index (χ4n) is 4.85. The van der Waals surface area contributed by atoms with Crippen LogP contribution in [0.25, 0.3) is 11.1 Å². The zero-order chi connectivity index (χ0) is 20.2. The van der Waals surface area contributed by atoms with Crippen molar-refractivity contribution in [3.8, 4) is 11.1 Å². The molecule has 0 aromatic heterocycles. The van der Waals surface area contributed by atoms with Crippen LogP contribution in [0.3, 0.4) is 0 Å². The normalized spacial score (nSPS) is 12.2. The van der Waals surface area contributed by atoms with Gasteiger partial charge in [0.15, 0.2) is 0 Å². The Morgan fingerprint density at radius 2 is 1.10 bits per heavy atom. The fraction of sp³-hybridized carbons (Fsp3) is 0.586. The number of hydrogen-bond acceptors (Lipinski definition) is 0. The Balaban J connectivity index is 1.20. The second kappa shape index (κ2) is 12.9. The van der Waals surface area contributed by atoms with Gasteiger partial charge in [-0.1, -0.05) is 133 Å². The predicted molar refractivity (Wildman–Crippen MR) is 129 cm³/mol. The van der Waals surface area contributed by atoms with Gasteiger partial charge in [-0.05, 0) is 47.1 Å². The van der Waals surface area contributed by atoms with Crippen LogP contribution >= 0.6 is 0 Å². The molecule has 0 N–H and O–H groups in total. The highest BCUT2D eigenvalue weighted by atomic mass is 14.2. The van der Waals surface area contributed by atoms with E-state index in [-0.39, 0.29) is 0 Å². The van der Waals surface area contributed by atoms with E-state index in [4.69, 9.17) is 0 Å². The van der Waals surface area contributed by atoms with Gasteiger partial charge < -0.3 is 0 Å². The van der Waals surface area contributed by atoms with E-state index in [1.54, 1.807) is 0 Å². The van der Waals surface area contributed by atoms with Crippen LogP contribution in [0.5, 0.6) is 0 Å². The van der Waals surface area contributed by atoms with Gasteiger partial charge in [0.1, 0.15) is 0 Å². The summed E-state index contributed by atoms with van der Waals surface area (Å²) in [5, 5.41) is 0. The van der Waals surface area contributed by atoms with Crippen molar-refractivity contribution >= 4 is 0 Å². The monoisotopic (exact) mass is 390 g/mol. The average molecular weight is 391 g/mol. The predicted octanol–water partition coefficient (Wildman–Crippen LogP) is 9.28. The minimum Gasteiger partial charge on any atom is -0.0654 e. The largest absolute Gasteiger partial charge is 0.0654 e. The first kappa shape index (κ1) is 22.1. The van der Waals surface area contributed by atoms with Crippen LogP contribution in [0.15, 0.2) is 42.5 Å². The lowest BCUT2D eigenvalue weighted by Crippen LogP contribution is -1.89. The van der Waals surface area contributed by atoms with Gasteiger partial charge in [0.05, 0.1) is 0 Å². The van der Waals surface area contributed by atoms with E-state index in [9.17, 15) is 0 Å². The van der Waals surface area contributed by atoms with Crippen molar-refractivity contribution in [2.45, 2.75) is 110 Å². The third-order valence-electron chi connectivity index (χ3n) is 6.68. The third-order valence-corrected chi connectivity index (χ3v) is 6.68. The lowest BCUT2D eigenvalue weighted by atomic mass is 9.99. The van der Waals surface area contributed by atoms with Crippen LogP contribution in [0.1, 0.15) is 114 Å². The number of unbranched alkanes of at least 4 members (excludes halogenated alkanes) is 13. The third kappa shape index (κ3) is 7.32. The molecule has 0 fully saturated rings. The van der Waals surface area contributed by atoms with Crippen molar-refractivity contribution < 1.29 is 0 Å². The van der Waals surface area contributed by atoms with Gasteiger partial charge in [0.25, 0.3) is 0 Å². The number of benzene rings is 2. The van der Waals surface area contributed by atoms with Crippen molar-refractivity contribution in [2.24, 2.45) is 0 Å². The Morgan fingerprint density at radius 3 is 1.76 bits per heavy atom.